The molecule has 1 aromatic heterocycles. The predicted molar refractivity (Wildman–Crippen MR) is 94.0 cm³/mol. The molecule has 8 heteroatoms. The molecule has 24 heavy (non-hydrogen) atoms. The van der Waals surface area contributed by atoms with Crippen molar-refractivity contribution in [2.45, 2.75) is 19.4 Å². The SMILES string of the molecule is COC(=O)c1sc(NC2CCN(c3ccc(C)cc3)C2=O)nc1Cl. The van der Waals surface area contributed by atoms with Crippen LogP contribution in [0.5, 0.6) is 0 Å². The maximum absolute atomic E-state index is 12.6. The summed E-state index contributed by atoms with van der Waals surface area (Å²) in [5.41, 5.74) is 2.02. The lowest BCUT2D eigenvalue weighted by molar-refractivity contribution is -0.117. The number of halogens is 1. The first-order valence-corrected chi connectivity index (χ1v) is 8.58. The highest BCUT2D eigenvalue weighted by atomic mass is 35.5. The molecular weight excluding hydrogens is 350 g/mol. The second-order valence-electron chi connectivity index (χ2n) is 5.44. The van der Waals surface area contributed by atoms with Gasteiger partial charge in [-0.2, -0.15) is 0 Å². The number of benzene rings is 1. The Morgan fingerprint density at radius 1 is 1.42 bits per heavy atom. The zero-order valence-electron chi connectivity index (χ0n) is 13.2. The number of methoxy groups -OCH3 is 1. The van der Waals surface area contributed by atoms with Crippen molar-refractivity contribution in [3.8, 4) is 0 Å². The number of rotatable bonds is 4. The summed E-state index contributed by atoms with van der Waals surface area (Å²) < 4.78 is 4.65. The molecule has 3 rings (SSSR count). The first-order chi connectivity index (χ1) is 11.5. The second-order valence-corrected chi connectivity index (χ2v) is 6.80. The number of nitrogens with one attached hydrogen (secondary N) is 1. The first-order valence-electron chi connectivity index (χ1n) is 7.39. The molecule has 1 unspecified atom stereocenters. The van der Waals surface area contributed by atoms with E-state index in [-0.39, 0.29) is 22.0 Å². The molecule has 1 aliphatic rings. The van der Waals surface area contributed by atoms with E-state index >= 15 is 0 Å². The molecule has 1 N–H and O–H groups in total. The van der Waals surface area contributed by atoms with E-state index in [2.05, 4.69) is 15.0 Å². The molecule has 1 amide bonds. The van der Waals surface area contributed by atoms with Crippen LogP contribution in [0.25, 0.3) is 0 Å². The largest absolute Gasteiger partial charge is 0.465 e. The fraction of sp³-hybridized carbons (Fsp3) is 0.312. The van der Waals surface area contributed by atoms with E-state index < -0.39 is 5.97 Å². The van der Waals surface area contributed by atoms with Crippen LogP contribution in [0.15, 0.2) is 24.3 Å². The summed E-state index contributed by atoms with van der Waals surface area (Å²) in [7, 11) is 1.28. The smallest absolute Gasteiger partial charge is 0.351 e. The summed E-state index contributed by atoms with van der Waals surface area (Å²) >= 11 is 7.02. The van der Waals surface area contributed by atoms with Gasteiger partial charge in [0.2, 0.25) is 5.91 Å². The third-order valence-electron chi connectivity index (χ3n) is 3.81. The summed E-state index contributed by atoms with van der Waals surface area (Å²) in [5, 5.41) is 3.58. The highest BCUT2D eigenvalue weighted by Crippen LogP contribution is 2.30. The number of carbonyl (C=O) groups excluding carboxylic acids is 2. The minimum absolute atomic E-state index is 0.0233. The van der Waals surface area contributed by atoms with Gasteiger partial charge >= 0.3 is 5.97 Å². The van der Waals surface area contributed by atoms with Crippen LogP contribution in [0, 0.1) is 6.92 Å². The standard InChI is InChI=1S/C16H16ClN3O3S/c1-9-3-5-10(6-4-9)20-8-7-11(14(20)21)18-16-19-13(17)12(24-16)15(22)23-2/h3-6,11H,7-8H2,1-2H3,(H,18,19). The lowest BCUT2D eigenvalue weighted by Crippen LogP contribution is -2.33. The van der Waals surface area contributed by atoms with Crippen molar-refractivity contribution in [3.05, 3.63) is 39.9 Å². The van der Waals surface area contributed by atoms with Gasteiger partial charge in [0.05, 0.1) is 7.11 Å². The molecular formula is C16H16ClN3O3S. The Bertz CT molecular complexity index is 775. The summed E-state index contributed by atoms with van der Waals surface area (Å²) in [6, 6.07) is 7.44. The molecule has 2 heterocycles. The maximum atomic E-state index is 12.6. The van der Waals surface area contributed by atoms with Gasteiger partial charge in [-0.1, -0.05) is 40.6 Å². The Hall–Kier alpha value is -2.12. The van der Waals surface area contributed by atoms with Crippen molar-refractivity contribution >= 4 is 45.6 Å². The number of hydrogen-bond donors (Lipinski definition) is 1. The number of nitrogens with zero attached hydrogens (tertiary/aromatic N) is 2. The lowest BCUT2D eigenvalue weighted by atomic mass is 10.2. The van der Waals surface area contributed by atoms with E-state index in [0.29, 0.717) is 18.1 Å². The maximum Gasteiger partial charge on any atom is 0.351 e. The molecule has 0 saturated carbocycles. The molecule has 2 aromatic rings. The summed E-state index contributed by atoms with van der Waals surface area (Å²) in [5.74, 6) is -0.561. The van der Waals surface area contributed by atoms with Crippen LogP contribution in [0.1, 0.15) is 21.7 Å². The summed E-state index contributed by atoms with van der Waals surface area (Å²) in [6.07, 6.45) is 0.650. The number of anilines is 2. The third-order valence-corrected chi connectivity index (χ3v) is 5.16. The average Bonchev–Trinajstić information content (AvgIpc) is 3.11. The van der Waals surface area contributed by atoms with Gasteiger partial charge in [0.1, 0.15) is 6.04 Å². The van der Waals surface area contributed by atoms with Crippen LogP contribution in [0.2, 0.25) is 5.15 Å². The van der Waals surface area contributed by atoms with Crippen molar-refractivity contribution in [2.75, 3.05) is 23.9 Å². The number of ether oxygens (including phenoxy) is 1. The molecule has 1 atom stereocenters. The Morgan fingerprint density at radius 2 is 2.12 bits per heavy atom. The number of carbonyl (C=O) groups is 2. The summed E-state index contributed by atoms with van der Waals surface area (Å²) in [4.78, 5) is 30.2. The molecule has 0 radical (unpaired) electrons. The van der Waals surface area contributed by atoms with Crippen molar-refractivity contribution in [1.82, 2.24) is 4.98 Å². The van der Waals surface area contributed by atoms with E-state index in [4.69, 9.17) is 11.6 Å². The van der Waals surface area contributed by atoms with Gasteiger partial charge in [-0.25, -0.2) is 9.78 Å². The lowest BCUT2D eigenvalue weighted by Gasteiger charge is -2.17. The number of esters is 1. The van der Waals surface area contributed by atoms with Crippen LogP contribution in [-0.2, 0) is 9.53 Å². The molecule has 126 valence electrons. The number of aromatic nitrogens is 1. The van der Waals surface area contributed by atoms with Crippen LogP contribution in [-0.4, -0.2) is 36.6 Å². The minimum Gasteiger partial charge on any atom is -0.465 e. The van der Waals surface area contributed by atoms with Gasteiger partial charge in [0.25, 0.3) is 0 Å². The molecule has 0 bridgehead atoms. The number of aryl methyl sites for hydroxylation is 1. The van der Waals surface area contributed by atoms with Crippen LogP contribution >= 0.6 is 22.9 Å². The van der Waals surface area contributed by atoms with Crippen LogP contribution < -0.4 is 10.2 Å². The molecule has 0 spiro atoms. The third kappa shape index (κ3) is 3.22. The zero-order valence-corrected chi connectivity index (χ0v) is 14.8. The van der Waals surface area contributed by atoms with E-state index in [1.807, 2.05) is 31.2 Å². The number of amides is 1. The highest BCUT2D eigenvalue weighted by molar-refractivity contribution is 7.18. The van der Waals surface area contributed by atoms with Crippen molar-refractivity contribution in [1.29, 1.82) is 0 Å². The fourth-order valence-corrected chi connectivity index (χ4v) is 3.68. The van der Waals surface area contributed by atoms with Gasteiger partial charge in [-0.05, 0) is 25.5 Å². The molecule has 1 fully saturated rings. The Balaban J connectivity index is 1.72. The molecule has 1 aliphatic heterocycles. The average molecular weight is 366 g/mol. The van der Waals surface area contributed by atoms with Gasteiger partial charge < -0.3 is 15.0 Å². The van der Waals surface area contributed by atoms with E-state index in [9.17, 15) is 9.59 Å². The fourth-order valence-electron chi connectivity index (χ4n) is 2.53. The molecule has 1 aromatic carbocycles. The van der Waals surface area contributed by atoms with Gasteiger partial charge in [0, 0.05) is 12.2 Å². The highest BCUT2D eigenvalue weighted by Gasteiger charge is 2.33. The topological polar surface area (TPSA) is 71.5 Å². The van der Waals surface area contributed by atoms with Crippen LogP contribution in [0.4, 0.5) is 10.8 Å². The normalized spacial score (nSPS) is 17.2. The van der Waals surface area contributed by atoms with Gasteiger partial charge in [-0.3, -0.25) is 4.79 Å². The number of thiazole rings is 1. The van der Waals surface area contributed by atoms with E-state index in [1.165, 1.54) is 7.11 Å². The zero-order chi connectivity index (χ0) is 17.3. The molecule has 1 saturated heterocycles. The Morgan fingerprint density at radius 3 is 2.79 bits per heavy atom. The first kappa shape index (κ1) is 16.7. The number of hydrogen-bond acceptors (Lipinski definition) is 6. The van der Waals surface area contributed by atoms with Crippen molar-refractivity contribution < 1.29 is 14.3 Å². The molecule has 6 nitrogen and oxygen atoms in total. The Labute approximate surface area is 148 Å². The van der Waals surface area contributed by atoms with Gasteiger partial charge in [-0.15, -0.1) is 0 Å². The molecule has 0 aliphatic carbocycles. The van der Waals surface area contributed by atoms with E-state index in [1.54, 1.807) is 4.90 Å². The van der Waals surface area contributed by atoms with Gasteiger partial charge in [0.15, 0.2) is 15.2 Å². The van der Waals surface area contributed by atoms with Crippen molar-refractivity contribution in [3.63, 3.8) is 0 Å². The summed E-state index contributed by atoms with van der Waals surface area (Å²) in [6.45, 7) is 2.63. The minimum atomic E-state index is -0.537. The van der Waals surface area contributed by atoms with E-state index in [0.717, 1.165) is 22.6 Å². The Kier molecular flexibility index (Phi) is 4.73. The predicted octanol–water partition coefficient (Wildman–Crippen LogP) is 3.11. The second kappa shape index (κ2) is 6.78. The quantitative estimate of drug-likeness (QED) is 0.843. The van der Waals surface area contributed by atoms with Crippen molar-refractivity contribution in [2.24, 2.45) is 0 Å². The monoisotopic (exact) mass is 365 g/mol. The van der Waals surface area contributed by atoms with Crippen LogP contribution in [0.3, 0.4) is 0 Å².